The van der Waals surface area contributed by atoms with E-state index in [1.54, 1.807) is 0 Å². The molecule has 0 bridgehead atoms. The van der Waals surface area contributed by atoms with Crippen molar-refractivity contribution in [1.29, 1.82) is 0 Å². The zero-order valence-corrected chi connectivity index (χ0v) is 45.4. The Morgan fingerprint density at radius 3 is 1.62 bits per heavy atom. The number of benzene rings is 13. The lowest BCUT2D eigenvalue weighted by Crippen LogP contribution is -2.56. The molecule has 0 saturated heterocycles. The van der Waals surface area contributed by atoms with Crippen LogP contribution in [0, 0.1) is 0 Å². The SMILES string of the molecule is C[Si]1(C)c2cc(N(c3ccccc3-c3ccccc3)c3cccc4c3oc3ccccc34)ccc2-c2cc3c4ccccc4c(N(c4ccc5sc6ccccc6c5c4)c4ccccc4-c4ccccc4)cc3c3cccc1c23. The second-order valence-electron chi connectivity index (χ2n) is 21.5. The van der Waals surface area contributed by atoms with E-state index in [1.807, 2.05) is 11.3 Å². The molecule has 0 N–H and O–H groups in total. The summed E-state index contributed by atoms with van der Waals surface area (Å²) in [5.41, 5.74) is 15.7. The van der Waals surface area contributed by atoms with Gasteiger partial charge in [0.05, 0.1) is 22.7 Å². The van der Waals surface area contributed by atoms with Gasteiger partial charge in [0.25, 0.3) is 0 Å². The fraction of sp³-hybridized carbons (Fsp3) is 0.0270. The highest BCUT2D eigenvalue weighted by molar-refractivity contribution is 7.25. The van der Waals surface area contributed by atoms with E-state index < -0.39 is 8.07 Å². The fourth-order valence-corrected chi connectivity index (χ4v) is 17.3. The summed E-state index contributed by atoms with van der Waals surface area (Å²) in [5.74, 6) is 0. The third kappa shape index (κ3) is 7.03. The topological polar surface area (TPSA) is 19.6 Å². The van der Waals surface area contributed by atoms with Crippen molar-refractivity contribution >= 4 is 138 Å². The van der Waals surface area contributed by atoms with Crippen molar-refractivity contribution in [3.63, 3.8) is 0 Å². The lowest BCUT2D eigenvalue weighted by Gasteiger charge is -2.36. The van der Waals surface area contributed by atoms with Crippen LogP contribution >= 0.6 is 11.3 Å². The average molecular weight is 1040 g/mol. The van der Waals surface area contributed by atoms with Crippen LogP contribution in [0.2, 0.25) is 13.1 Å². The highest BCUT2D eigenvalue weighted by atomic mass is 32.1. The number of thiophene rings is 1. The molecule has 5 heteroatoms. The lowest BCUT2D eigenvalue weighted by molar-refractivity contribution is 0.669. The van der Waals surface area contributed by atoms with Crippen LogP contribution < -0.4 is 20.2 Å². The van der Waals surface area contributed by atoms with Gasteiger partial charge in [0, 0.05) is 58.8 Å². The van der Waals surface area contributed by atoms with E-state index in [0.29, 0.717) is 0 Å². The quantitative estimate of drug-likeness (QED) is 0.112. The van der Waals surface area contributed by atoms with Crippen LogP contribution in [0.4, 0.5) is 34.1 Å². The number of anilines is 6. The van der Waals surface area contributed by atoms with Crippen LogP contribution in [0.5, 0.6) is 0 Å². The monoisotopic (exact) mass is 1040 g/mol. The Kier molecular flexibility index (Phi) is 10.3. The van der Waals surface area contributed by atoms with Gasteiger partial charge in [-0.3, -0.25) is 0 Å². The number of hydrogen-bond donors (Lipinski definition) is 0. The molecule has 0 radical (unpaired) electrons. The maximum Gasteiger partial charge on any atom is 0.159 e. The zero-order chi connectivity index (χ0) is 52.3. The normalized spacial score (nSPS) is 12.8. The molecule has 15 aromatic rings. The van der Waals surface area contributed by atoms with E-state index >= 15 is 0 Å². The maximum atomic E-state index is 6.86. The van der Waals surface area contributed by atoms with Crippen molar-refractivity contribution < 1.29 is 4.42 Å². The number of rotatable bonds is 8. The Hall–Kier alpha value is -9.52. The summed E-state index contributed by atoms with van der Waals surface area (Å²) in [7, 11) is -2.43. The minimum absolute atomic E-state index is 0.872. The van der Waals surface area contributed by atoms with Gasteiger partial charge in [-0.15, -0.1) is 11.3 Å². The van der Waals surface area contributed by atoms with E-state index in [1.165, 1.54) is 85.1 Å². The van der Waals surface area contributed by atoms with Crippen molar-refractivity contribution in [3.8, 4) is 33.4 Å². The highest BCUT2D eigenvalue weighted by Crippen LogP contribution is 2.51. The number of nitrogens with zero attached hydrogens (tertiary/aromatic N) is 2. The van der Waals surface area contributed by atoms with Gasteiger partial charge in [-0.25, -0.2) is 0 Å². The zero-order valence-electron chi connectivity index (χ0n) is 43.6. The highest BCUT2D eigenvalue weighted by Gasteiger charge is 2.37. The molecular formula is C74H50N2OSSi. The Labute approximate surface area is 463 Å². The summed E-state index contributed by atoms with van der Waals surface area (Å²) in [6, 6.07) is 98.8. The second-order valence-corrected chi connectivity index (χ2v) is 26.9. The molecule has 0 amide bonds. The van der Waals surface area contributed by atoms with Gasteiger partial charge in [0.15, 0.2) is 5.58 Å². The van der Waals surface area contributed by atoms with Gasteiger partial charge in [-0.05, 0) is 132 Å². The number of fused-ring (bicyclic) bond motifs is 12. The van der Waals surface area contributed by atoms with Gasteiger partial charge in [-0.2, -0.15) is 0 Å². The molecule has 3 heterocycles. The fourth-order valence-electron chi connectivity index (χ4n) is 13.2. The van der Waals surface area contributed by atoms with Crippen molar-refractivity contribution in [2.24, 2.45) is 0 Å². The van der Waals surface area contributed by atoms with Gasteiger partial charge in [-0.1, -0.05) is 207 Å². The smallest absolute Gasteiger partial charge is 0.159 e. The summed E-state index contributed by atoms with van der Waals surface area (Å²) in [4.78, 5) is 4.98. The molecule has 372 valence electrons. The number of hydrogen-bond acceptors (Lipinski definition) is 4. The third-order valence-electron chi connectivity index (χ3n) is 16.8. The van der Waals surface area contributed by atoms with Crippen molar-refractivity contribution in [1.82, 2.24) is 0 Å². The molecule has 0 spiro atoms. The first-order valence-corrected chi connectivity index (χ1v) is 31.1. The average Bonchev–Trinajstić information content (AvgIpc) is 4.25. The van der Waals surface area contributed by atoms with Crippen LogP contribution in [-0.4, -0.2) is 8.07 Å². The van der Waals surface area contributed by atoms with Crippen LogP contribution in [0.1, 0.15) is 0 Å². The summed E-state index contributed by atoms with van der Waals surface area (Å²) < 4.78 is 9.45. The van der Waals surface area contributed by atoms with Crippen LogP contribution in [0.3, 0.4) is 0 Å². The molecule has 0 atom stereocenters. The maximum absolute atomic E-state index is 6.86. The molecule has 79 heavy (non-hydrogen) atoms. The standard InChI is InChI=1S/C74H50N2OSSi/c1-79(2)71-38-20-31-58-61-46-67(76(65-34-16-12-26-52(65)48-23-7-4-8-24-48)49-40-42-70-62(43-49)56-30-14-18-37-69(56)78-70)54-28-10-9-27-53(54)60(61)45-63(73(58)71)57-41-39-50(44-72(57)79)75(64-33-15-11-25-51(64)47-21-5-3-6-22-47)66-35-19-32-59-55-29-13-17-36-68(55)77-74(59)66/h3-46H,1-2H3. The molecule has 1 aliphatic heterocycles. The van der Waals surface area contributed by atoms with Crippen LogP contribution in [0.25, 0.3) is 108 Å². The van der Waals surface area contributed by atoms with E-state index in [0.717, 1.165) is 67.2 Å². The molecule has 1 aliphatic rings. The molecule has 3 nitrogen and oxygen atoms in total. The molecule has 16 rings (SSSR count). The number of para-hydroxylation sites is 4. The lowest BCUT2D eigenvalue weighted by atomic mass is 9.89. The van der Waals surface area contributed by atoms with Crippen LogP contribution in [0.15, 0.2) is 271 Å². The van der Waals surface area contributed by atoms with E-state index in [9.17, 15) is 0 Å². The first-order valence-electron chi connectivity index (χ1n) is 27.2. The Bertz CT molecular complexity index is 4960. The van der Waals surface area contributed by atoms with E-state index in [-0.39, 0.29) is 0 Å². The molecule has 0 fully saturated rings. The van der Waals surface area contributed by atoms with Gasteiger partial charge in [0.2, 0.25) is 0 Å². The van der Waals surface area contributed by atoms with Crippen LogP contribution in [-0.2, 0) is 0 Å². The Morgan fingerprint density at radius 1 is 0.316 bits per heavy atom. The molecule has 2 aromatic heterocycles. The van der Waals surface area contributed by atoms with Crippen molar-refractivity contribution in [2.75, 3.05) is 9.80 Å². The molecule has 0 aliphatic carbocycles. The summed E-state index contributed by atoms with van der Waals surface area (Å²) in [6.07, 6.45) is 0. The predicted octanol–water partition coefficient (Wildman–Crippen LogP) is 20.5. The summed E-state index contributed by atoms with van der Waals surface area (Å²) >= 11 is 1.86. The molecule has 0 unspecified atom stereocenters. The first kappa shape index (κ1) is 45.7. The Morgan fingerprint density at radius 2 is 0.861 bits per heavy atom. The second kappa shape index (κ2) is 17.8. The van der Waals surface area contributed by atoms with E-state index in [4.69, 9.17) is 4.42 Å². The summed E-state index contributed by atoms with van der Waals surface area (Å²) in [6.45, 7) is 5.11. The van der Waals surface area contributed by atoms with Gasteiger partial charge < -0.3 is 14.2 Å². The minimum atomic E-state index is -2.43. The first-order chi connectivity index (χ1) is 39.0. The van der Waals surface area contributed by atoms with Gasteiger partial charge >= 0.3 is 0 Å². The van der Waals surface area contributed by atoms with Crippen molar-refractivity contribution in [2.45, 2.75) is 13.1 Å². The number of furan rings is 1. The Balaban J connectivity index is 0.936. The third-order valence-corrected chi connectivity index (χ3v) is 21.5. The van der Waals surface area contributed by atoms with E-state index in [2.05, 4.69) is 290 Å². The van der Waals surface area contributed by atoms with Gasteiger partial charge in [0.1, 0.15) is 13.7 Å². The summed E-state index contributed by atoms with van der Waals surface area (Å²) in [5, 5.41) is 15.3. The largest absolute Gasteiger partial charge is 0.454 e. The molecular weight excluding hydrogens is 993 g/mol. The molecule has 13 aromatic carbocycles. The minimum Gasteiger partial charge on any atom is -0.454 e. The molecule has 0 saturated carbocycles. The van der Waals surface area contributed by atoms with Crippen molar-refractivity contribution in [3.05, 3.63) is 267 Å². The predicted molar refractivity (Wildman–Crippen MR) is 342 cm³/mol.